The van der Waals surface area contributed by atoms with E-state index in [-0.39, 0.29) is 11.1 Å². The zero-order valence-electron chi connectivity index (χ0n) is 16.1. The van der Waals surface area contributed by atoms with Crippen molar-refractivity contribution in [2.75, 3.05) is 14.2 Å². The van der Waals surface area contributed by atoms with E-state index in [1.807, 2.05) is 13.8 Å². The Hall–Kier alpha value is -3.14. The van der Waals surface area contributed by atoms with E-state index in [0.717, 1.165) is 5.70 Å². The molecular weight excluding hydrogens is 346 g/mol. The Labute approximate surface area is 158 Å². The van der Waals surface area contributed by atoms with E-state index in [9.17, 15) is 14.9 Å². The van der Waals surface area contributed by atoms with Crippen molar-refractivity contribution in [3.63, 3.8) is 0 Å². The fraction of sp³-hybridized carbons (Fsp3) is 0.400. The highest BCUT2D eigenvalue weighted by molar-refractivity contribution is 5.96. The van der Waals surface area contributed by atoms with Crippen molar-refractivity contribution in [2.24, 2.45) is 5.92 Å². The van der Waals surface area contributed by atoms with Crippen LogP contribution < -0.4 is 5.32 Å². The van der Waals surface area contributed by atoms with Crippen LogP contribution in [0.3, 0.4) is 0 Å². The predicted molar refractivity (Wildman–Crippen MR) is 98.3 cm³/mol. The Balaban J connectivity index is 2.77. The van der Waals surface area contributed by atoms with Crippen molar-refractivity contribution in [1.82, 2.24) is 10.3 Å². The van der Waals surface area contributed by atoms with Crippen LogP contribution in [0, 0.1) is 17.2 Å². The smallest absolute Gasteiger partial charge is 0.339 e. The standard InChI is InChI=1S/C20H23N3O4/c1-11(2)8-16-14(9-21)18(17(12(3)23-16)20(25)27-5)13-6-7-22-10-15(13)19(24)26-4/h6-7,10-11,18,23H,8H2,1-5H3. The van der Waals surface area contributed by atoms with Gasteiger partial charge in [-0.15, -0.1) is 0 Å². The van der Waals surface area contributed by atoms with Gasteiger partial charge in [0.1, 0.15) is 0 Å². The van der Waals surface area contributed by atoms with Crippen molar-refractivity contribution < 1.29 is 19.1 Å². The first-order valence-electron chi connectivity index (χ1n) is 8.57. The minimum absolute atomic E-state index is 0.206. The van der Waals surface area contributed by atoms with Crippen LogP contribution in [-0.2, 0) is 14.3 Å². The van der Waals surface area contributed by atoms with Crippen LogP contribution in [0.15, 0.2) is 41.0 Å². The summed E-state index contributed by atoms with van der Waals surface area (Å²) in [6.07, 6.45) is 3.53. The molecule has 1 aromatic heterocycles. The number of hydrogen-bond donors (Lipinski definition) is 1. The molecular formula is C20H23N3O4. The molecule has 0 bridgehead atoms. The second-order valence-electron chi connectivity index (χ2n) is 6.64. The molecule has 1 aromatic rings. The van der Waals surface area contributed by atoms with Gasteiger partial charge in [0.25, 0.3) is 0 Å². The number of nitrogens with zero attached hydrogens (tertiary/aromatic N) is 2. The Morgan fingerprint density at radius 2 is 1.96 bits per heavy atom. The fourth-order valence-electron chi connectivity index (χ4n) is 3.23. The highest BCUT2D eigenvalue weighted by atomic mass is 16.5. The summed E-state index contributed by atoms with van der Waals surface area (Å²) in [7, 11) is 2.56. The van der Waals surface area contributed by atoms with Gasteiger partial charge in [-0.3, -0.25) is 4.98 Å². The van der Waals surface area contributed by atoms with Gasteiger partial charge in [-0.2, -0.15) is 5.26 Å². The highest BCUT2D eigenvalue weighted by Crippen LogP contribution is 2.40. The molecule has 0 spiro atoms. The summed E-state index contributed by atoms with van der Waals surface area (Å²) < 4.78 is 9.80. The Morgan fingerprint density at radius 3 is 2.52 bits per heavy atom. The second-order valence-corrected chi connectivity index (χ2v) is 6.64. The van der Waals surface area contributed by atoms with Crippen LogP contribution in [0.2, 0.25) is 0 Å². The molecule has 7 heteroatoms. The first-order valence-corrected chi connectivity index (χ1v) is 8.57. The third-order valence-electron chi connectivity index (χ3n) is 4.35. The number of nitrogens with one attached hydrogen (secondary N) is 1. The molecule has 7 nitrogen and oxygen atoms in total. The molecule has 0 amide bonds. The van der Waals surface area contributed by atoms with E-state index in [2.05, 4.69) is 16.4 Å². The molecule has 0 saturated heterocycles. The number of allylic oxidation sites excluding steroid dienone is 3. The number of rotatable bonds is 5. The van der Waals surface area contributed by atoms with Crippen molar-refractivity contribution in [3.8, 4) is 6.07 Å². The fourth-order valence-corrected chi connectivity index (χ4v) is 3.23. The van der Waals surface area contributed by atoms with Gasteiger partial charge >= 0.3 is 11.9 Å². The SMILES string of the molecule is COC(=O)C1=C(C)NC(CC(C)C)=C(C#N)C1c1ccncc1C(=O)OC. The molecule has 1 aliphatic heterocycles. The molecule has 1 N–H and O–H groups in total. The molecule has 0 fully saturated rings. The lowest BCUT2D eigenvalue weighted by atomic mass is 9.78. The monoisotopic (exact) mass is 369 g/mol. The lowest BCUT2D eigenvalue weighted by molar-refractivity contribution is -0.136. The molecule has 0 saturated carbocycles. The third-order valence-corrected chi connectivity index (χ3v) is 4.35. The molecule has 2 rings (SSSR count). The van der Waals surface area contributed by atoms with Gasteiger partial charge in [0, 0.05) is 23.8 Å². The summed E-state index contributed by atoms with van der Waals surface area (Å²) in [6, 6.07) is 3.85. The number of carbonyl (C=O) groups excluding carboxylic acids is 2. The lowest BCUT2D eigenvalue weighted by Gasteiger charge is -2.30. The van der Waals surface area contributed by atoms with Gasteiger partial charge in [-0.25, -0.2) is 9.59 Å². The average molecular weight is 369 g/mol. The number of dihydropyridines is 1. The van der Waals surface area contributed by atoms with E-state index in [4.69, 9.17) is 9.47 Å². The van der Waals surface area contributed by atoms with Crippen LogP contribution in [-0.4, -0.2) is 31.1 Å². The quantitative estimate of drug-likeness (QED) is 0.796. The topological polar surface area (TPSA) is 101 Å². The number of esters is 2. The maximum absolute atomic E-state index is 12.5. The van der Waals surface area contributed by atoms with E-state index >= 15 is 0 Å². The Bertz CT molecular complexity index is 862. The first-order chi connectivity index (χ1) is 12.8. The second kappa shape index (κ2) is 8.49. The van der Waals surface area contributed by atoms with Crippen LogP contribution in [0.4, 0.5) is 0 Å². The Morgan fingerprint density at radius 1 is 1.30 bits per heavy atom. The summed E-state index contributed by atoms with van der Waals surface area (Å²) in [5.41, 5.74) is 2.68. The first kappa shape index (κ1) is 20.2. The number of ether oxygens (including phenoxy) is 2. The molecule has 2 heterocycles. The summed E-state index contributed by atoms with van der Waals surface area (Å²) in [4.78, 5) is 28.8. The Kier molecular flexibility index (Phi) is 6.35. The third kappa shape index (κ3) is 4.00. The van der Waals surface area contributed by atoms with Gasteiger partial charge in [-0.1, -0.05) is 13.8 Å². The van der Waals surface area contributed by atoms with Crippen molar-refractivity contribution >= 4 is 11.9 Å². The van der Waals surface area contributed by atoms with Crippen LogP contribution in [0.1, 0.15) is 49.0 Å². The molecule has 0 aromatic carbocycles. The predicted octanol–water partition coefficient (Wildman–Crippen LogP) is 2.83. The van der Waals surface area contributed by atoms with E-state index in [0.29, 0.717) is 29.2 Å². The van der Waals surface area contributed by atoms with Gasteiger partial charge in [0.15, 0.2) is 0 Å². The maximum atomic E-state index is 12.5. The minimum atomic E-state index is -0.741. The van der Waals surface area contributed by atoms with E-state index in [1.54, 1.807) is 13.0 Å². The molecule has 0 aliphatic carbocycles. The zero-order valence-corrected chi connectivity index (χ0v) is 16.1. The summed E-state index contributed by atoms with van der Waals surface area (Å²) in [5, 5.41) is 13.1. The van der Waals surface area contributed by atoms with Crippen molar-refractivity contribution in [2.45, 2.75) is 33.1 Å². The average Bonchev–Trinajstić information content (AvgIpc) is 2.65. The van der Waals surface area contributed by atoms with Crippen LogP contribution >= 0.6 is 0 Å². The minimum Gasteiger partial charge on any atom is -0.466 e. The van der Waals surface area contributed by atoms with Gasteiger partial charge in [0.05, 0.1) is 42.9 Å². The summed E-state index contributed by atoms with van der Waals surface area (Å²) in [6.45, 7) is 5.84. The number of pyridine rings is 1. The van der Waals surface area contributed by atoms with Crippen molar-refractivity contribution in [3.05, 3.63) is 52.1 Å². The summed E-state index contributed by atoms with van der Waals surface area (Å²) in [5.74, 6) is -1.59. The van der Waals surface area contributed by atoms with Crippen molar-refractivity contribution in [1.29, 1.82) is 5.26 Å². The maximum Gasteiger partial charge on any atom is 0.339 e. The highest BCUT2D eigenvalue weighted by Gasteiger charge is 2.37. The van der Waals surface area contributed by atoms with Gasteiger partial charge in [-0.05, 0) is 30.9 Å². The number of nitriles is 1. The van der Waals surface area contributed by atoms with E-state index in [1.165, 1.54) is 26.6 Å². The lowest BCUT2D eigenvalue weighted by Crippen LogP contribution is -2.30. The molecule has 0 radical (unpaired) electrons. The van der Waals surface area contributed by atoms with Gasteiger partial charge in [0.2, 0.25) is 0 Å². The zero-order chi connectivity index (χ0) is 20.1. The summed E-state index contributed by atoms with van der Waals surface area (Å²) >= 11 is 0. The number of hydrogen-bond acceptors (Lipinski definition) is 7. The van der Waals surface area contributed by atoms with Gasteiger partial charge < -0.3 is 14.8 Å². The van der Waals surface area contributed by atoms with Crippen LogP contribution in [0.5, 0.6) is 0 Å². The molecule has 27 heavy (non-hydrogen) atoms. The van der Waals surface area contributed by atoms with E-state index < -0.39 is 17.9 Å². The number of methoxy groups -OCH3 is 2. The number of carbonyl (C=O) groups is 2. The molecule has 1 unspecified atom stereocenters. The molecule has 1 aliphatic rings. The molecule has 1 atom stereocenters. The largest absolute Gasteiger partial charge is 0.466 e. The number of aromatic nitrogens is 1. The normalized spacial score (nSPS) is 16.7. The molecule has 142 valence electrons. The van der Waals surface area contributed by atoms with Crippen LogP contribution in [0.25, 0.3) is 0 Å².